The molecule has 0 atom stereocenters. The first kappa shape index (κ1) is 14.4. The van der Waals surface area contributed by atoms with Gasteiger partial charge in [0, 0.05) is 7.11 Å². The largest absolute Gasteiger partial charge is 0.380 e. The quantitative estimate of drug-likeness (QED) is 0.703. The number of carbonyl (C=O) groups excluding carboxylic acids is 1. The van der Waals surface area contributed by atoms with Gasteiger partial charge in [-0.1, -0.05) is 44.2 Å². The summed E-state index contributed by atoms with van der Waals surface area (Å²) >= 11 is 0. The van der Waals surface area contributed by atoms with Crippen LogP contribution in [0.5, 0.6) is 0 Å². The summed E-state index contributed by atoms with van der Waals surface area (Å²) < 4.78 is 4.93. The van der Waals surface area contributed by atoms with Crippen LogP contribution in [0.2, 0.25) is 0 Å². The third kappa shape index (κ3) is 8.76. The maximum atomic E-state index is 8.00. The predicted molar refractivity (Wildman–Crippen MR) is 55.6 cm³/mol. The molecule has 1 aromatic carbocycles. The number of rotatable bonds is 2. The Morgan fingerprint density at radius 1 is 1.15 bits per heavy atom. The van der Waals surface area contributed by atoms with Crippen molar-refractivity contribution in [3.63, 3.8) is 0 Å². The molecule has 0 amide bonds. The second-order valence-corrected chi connectivity index (χ2v) is 1.92. The summed E-state index contributed by atoms with van der Waals surface area (Å²) in [5.41, 5.74) is 1.22. The fourth-order valence-corrected chi connectivity index (χ4v) is 0.741. The maximum absolute atomic E-state index is 8.00. The molecule has 13 heavy (non-hydrogen) atoms. The van der Waals surface area contributed by atoms with Gasteiger partial charge in [-0.15, -0.1) is 0 Å². The van der Waals surface area contributed by atoms with Gasteiger partial charge < -0.3 is 9.53 Å². The van der Waals surface area contributed by atoms with Gasteiger partial charge in [0.1, 0.15) is 6.79 Å². The number of benzene rings is 1. The fourth-order valence-electron chi connectivity index (χ4n) is 0.741. The van der Waals surface area contributed by atoms with Crippen molar-refractivity contribution < 1.29 is 9.53 Å². The molecular formula is C11H18O2. The Labute approximate surface area is 80.5 Å². The van der Waals surface area contributed by atoms with E-state index in [1.54, 1.807) is 7.11 Å². The van der Waals surface area contributed by atoms with E-state index in [1.165, 1.54) is 5.56 Å². The first-order valence-electron chi connectivity index (χ1n) is 4.25. The van der Waals surface area contributed by atoms with Crippen molar-refractivity contribution >= 4 is 6.79 Å². The van der Waals surface area contributed by atoms with Gasteiger partial charge in [0.05, 0.1) is 6.61 Å². The molecule has 0 saturated carbocycles. The Kier molecular flexibility index (Phi) is 14.9. The first-order chi connectivity index (χ1) is 6.43. The zero-order valence-electron chi connectivity index (χ0n) is 8.62. The van der Waals surface area contributed by atoms with E-state index in [9.17, 15) is 0 Å². The zero-order valence-corrected chi connectivity index (χ0v) is 8.62. The minimum Gasteiger partial charge on any atom is -0.380 e. The minimum atomic E-state index is 0.709. The summed E-state index contributed by atoms with van der Waals surface area (Å²) in [6.07, 6.45) is 0. The Morgan fingerprint density at radius 2 is 1.62 bits per heavy atom. The van der Waals surface area contributed by atoms with Crippen LogP contribution in [-0.2, 0) is 16.1 Å². The standard InChI is InChI=1S/C8H10O.C2H6.CH2O/c1-9-7-8-5-3-2-4-6-8;2*1-2/h2-6H,7H2,1H3;1-2H3;1H2. The molecule has 1 rings (SSSR count). The van der Waals surface area contributed by atoms with Crippen LogP contribution in [0.1, 0.15) is 19.4 Å². The minimum absolute atomic E-state index is 0.709. The van der Waals surface area contributed by atoms with E-state index in [1.807, 2.05) is 51.0 Å². The van der Waals surface area contributed by atoms with Crippen LogP contribution < -0.4 is 0 Å². The average Bonchev–Trinajstić information content (AvgIpc) is 2.26. The van der Waals surface area contributed by atoms with E-state index in [-0.39, 0.29) is 0 Å². The smallest absolute Gasteiger partial charge is 0.106 e. The predicted octanol–water partition coefficient (Wildman–Crippen LogP) is 2.67. The van der Waals surface area contributed by atoms with Gasteiger partial charge in [-0.3, -0.25) is 0 Å². The van der Waals surface area contributed by atoms with Gasteiger partial charge in [-0.05, 0) is 5.56 Å². The van der Waals surface area contributed by atoms with Crippen LogP contribution in [-0.4, -0.2) is 13.9 Å². The van der Waals surface area contributed by atoms with Crippen LogP contribution in [0.4, 0.5) is 0 Å². The van der Waals surface area contributed by atoms with Crippen molar-refractivity contribution in [2.75, 3.05) is 7.11 Å². The third-order valence-electron chi connectivity index (χ3n) is 1.15. The second kappa shape index (κ2) is 13.4. The summed E-state index contributed by atoms with van der Waals surface area (Å²) in [4.78, 5) is 8.00. The molecule has 1 aromatic rings. The average molecular weight is 182 g/mol. The Bertz CT molecular complexity index is 173. The summed E-state index contributed by atoms with van der Waals surface area (Å²) in [6.45, 7) is 6.71. The first-order valence-corrected chi connectivity index (χ1v) is 4.25. The Hall–Kier alpha value is -1.15. The molecule has 0 unspecified atom stereocenters. The molecule has 74 valence electrons. The highest BCUT2D eigenvalue weighted by Crippen LogP contribution is 1.98. The molecular weight excluding hydrogens is 164 g/mol. The molecule has 0 N–H and O–H groups in total. The highest BCUT2D eigenvalue weighted by molar-refractivity contribution is 5.13. The van der Waals surface area contributed by atoms with Crippen LogP contribution in [0.3, 0.4) is 0 Å². The van der Waals surface area contributed by atoms with Crippen LogP contribution in [0.25, 0.3) is 0 Å². The topological polar surface area (TPSA) is 26.3 Å². The molecule has 0 bridgehead atoms. The lowest BCUT2D eigenvalue weighted by atomic mass is 10.2. The lowest BCUT2D eigenvalue weighted by Crippen LogP contribution is -1.84. The van der Waals surface area contributed by atoms with Gasteiger partial charge >= 0.3 is 0 Å². The van der Waals surface area contributed by atoms with Crippen LogP contribution in [0, 0.1) is 0 Å². The molecule has 2 nitrogen and oxygen atoms in total. The Morgan fingerprint density at radius 3 is 2.00 bits per heavy atom. The monoisotopic (exact) mass is 182 g/mol. The summed E-state index contributed by atoms with van der Waals surface area (Å²) in [5.74, 6) is 0. The maximum Gasteiger partial charge on any atom is 0.106 e. The van der Waals surface area contributed by atoms with E-state index < -0.39 is 0 Å². The number of hydrogen-bond donors (Lipinski definition) is 0. The molecule has 0 saturated heterocycles. The molecule has 0 aliphatic heterocycles. The summed E-state index contributed by atoms with van der Waals surface area (Å²) in [7, 11) is 1.70. The normalized spacial score (nSPS) is 7.31. The summed E-state index contributed by atoms with van der Waals surface area (Å²) in [5, 5.41) is 0. The highest BCUT2D eigenvalue weighted by Gasteiger charge is 1.84. The number of ether oxygens (including phenoxy) is 1. The molecule has 2 heteroatoms. The molecule has 0 spiro atoms. The van der Waals surface area contributed by atoms with E-state index in [2.05, 4.69) is 0 Å². The van der Waals surface area contributed by atoms with Crippen molar-refractivity contribution in [2.45, 2.75) is 20.5 Å². The van der Waals surface area contributed by atoms with Crippen molar-refractivity contribution in [3.8, 4) is 0 Å². The number of hydrogen-bond acceptors (Lipinski definition) is 2. The van der Waals surface area contributed by atoms with E-state index in [0.717, 1.165) is 0 Å². The van der Waals surface area contributed by atoms with Crippen molar-refractivity contribution in [1.29, 1.82) is 0 Å². The summed E-state index contributed by atoms with van der Waals surface area (Å²) in [6, 6.07) is 10.1. The van der Waals surface area contributed by atoms with E-state index in [4.69, 9.17) is 9.53 Å². The third-order valence-corrected chi connectivity index (χ3v) is 1.15. The lowest BCUT2D eigenvalue weighted by molar-refractivity contribution is -0.0979. The van der Waals surface area contributed by atoms with Gasteiger partial charge in [0.15, 0.2) is 0 Å². The highest BCUT2D eigenvalue weighted by atomic mass is 16.5. The van der Waals surface area contributed by atoms with Gasteiger partial charge in [0.25, 0.3) is 0 Å². The second-order valence-electron chi connectivity index (χ2n) is 1.92. The molecule has 0 aliphatic rings. The molecule has 0 fully saturated rings. The molecule has 0 heterocycles. The molecule has 0 aliphatic carbocycles. The van der Waals surface area contributed by atoms with Crippen molar-refractivity contribution in [1.82, 2.24) is 0 Å². The van der Waals surface area contributed by atoms with Gasteiger partial charge in [-0.25, -0.2) is 0 Å². The lowest BCUT2D eigenvalue weighted by Gasteiger charge is -1.95. The van der Waals surface area contributed by atoms with Gasteiger partial charge in [0.2, 0.25) is 0 Å². The Balaban J connectivity index is 0. The number of methoxy groups -OCH3 is 1. The SMILES string of the molecule is C=O.CC.COCc1ccccc1. The van der Waals surface area contributed by atoms with Crippen molar-refractivity contribution in [3.05, 3.63) is 35.9 Å². The van der Waals surface area contributed by atoms with Crippen LogP contribution >= 0.6 is 0 Å². The van der Waals surface area contributed by atoms with E-state index in [0.29, 0.717) is 6.61 Å². The fraction of sp³-hybridized carbons (Fsp3) is 0.364. The van der Waals surface area contributed by atoms with Crippen molar-refractivity contribution in [2.24, 2.45) is 0 Å². The van der Waals surface area contributed by atoms with E-state index >= 15 is 0 Å². The van der Waals surface area contributed by atoms with Crippen LogP contribution in [0.15, 0.2) is 30.3 Å². The molecule has 0 radical (unpaired) electrons. The number of carbonyl (C=O) groups is 1. The van der Waals surface area contributed by atoms with Gasteiger partial charge in [-0.2, -0.15) is 0 Å². The molecule has 0 aromatic heterocycles. The zero-order chi connectivity index (χ0) is 10.5.